The van der Waals surface area contributed by atoms with Crippen molar-refractivity contribution in [1.29, 1.82) is 0 Å². The molecule has 0 bridgehead atoms. The fourth-order valence-electron chi connectivity index (χ4n) is 2.85. The fourth-order valence-corrected chi connectivity index (χ4v) is 2.85. The zero-order valence-electron chi connectivity index (χ0n) is 8.76. The third-order valence-electron chi connectivity index (χ3n) is 3.61. The maximum Gasteiger partial charge on any atom is 0.0623 e. The van der Waals surface area contributed by atoms with E-state index in [9.17, 15) is 0 Å². The molecule has 1 saturated heterocycles. The second-order valence-electron chi connectivity index (χ2n) is 4.63. The Balaban J connectivity index is 1.88. The van der Waals surface area contributed by atoms with Gasteiger partial charge >= 0.3 is 0 Å². The van der Waals surface area contributed by atoms with Gasteiger partial charge in [0.1, 0.15) is 0 Å². The van der Waals surface area contributed by atoms with Crippen molar-refractivity contribution >= 4 is 0 Å². The van der Waals surface area contributed by atoms with E-state index >= 15 is 0 Å². The first kappa shape index (κ1) is 9.47. The Labute approximate surface area is 81.7 Å². The minimum Gasteiger partial charge on any atom is -0.301 e. The van der Waals surface area contributed by atoms with Crippen LogP contribution >= 0.6 is 0 Å². The zero-order chi connectivity index (χ0) is 9.10. The molecule has 2 rings (SSSR count). The highest BCUT2D eigenvalue weighted by molar-refractivity contribution is 4.81. The molecule has 0 aromatic rings. The molecule has 1 aliphatic heterocycles. The number of nitrogens with zero attached hydrogens (tertiary/aromatic N) is 1. The smallest absolute Gasteiger partial charge is 0.0623 e. The van der Waals surface area contributed by atoms with Gasteiger partial charge in [-0.3, -0.25) is 4.90 Å². The maximum atomic E-state index is 3.66. The van der Waals surface area contributed by atoms with Crippen LogP contribution in [0.1, 0.15) is 38.5 Å². The van der Waals surface area contributed by atoms with Crippen LogP contribution in [0.25, 0.3) is 0 Å². The highest BCUT2D eigenvalue weighted by Gasteiger charge is 2.27. The Morgan fingerprint density at radius 3 is 2.54 bits per heavy atom. The van der Waals surface area contributed by atoms with Crippen molar-refractivity contribution in [3.8, 4) is 0 Å². The summed E-state index contributed by atoms with van der Waals surface area (Å²) >= 11 is 0. The monoisotopic (exact) mass is 182 g/mol. The average Bonchev–Trinajstić information content (AvgIpc) is 2.20. The third kappa shape index (κ3) is 2.23. The molecule has 1 saturated carbocycles. The lowest BCUT2D eigenvalue weighted by molar-refractivity contribution is 0.0886. The number of hydrogen-bond donors (Lipinski definition) is 1. The molecular weight excluding hydrogens is 160 g/mol. The number of rotatable bonds is 1. The number of hydrogen-bond acceptors (Lipinski definition) is 2. The molecule has 0 aromatic carbocycles. The van der Waals surface area contributed by atoms with Gasteiger partial charge in [0, 0.05) is 6.54 Å². The zero-order valence-corrected chi connectivity index (χ0v) is 8.76. The van der Waals surface area contributed by atoms with Gasteiger partial charge in [0.25, 0.3) is 0 Å². The second kappa shape index (κ2) is 4.43. The lowest BCUT2D eigenvalue weighted by Gasteiger charge is -2.40. The molecule has 1 N–H and O–H groups in total. The van der Waals surface area contributed by atoms with Crippen LogP contribution in [0.15, 0.2) is 0 Å². The van der Waals surface area contributed by atoms with Gasteiger partial charge in [-0.1, -0.05) is 19.3 Å². The highest BCUT2D eigenvalue weighted by atomic mass is 15.3. The van der Waals surface area contributed by atoms with Crippen molar-refractivity contribution in [2.24, 2.45) is 5.92 Å². The Morgan fingerprint density at radius 2 is 1.85 bits per heavy atom. The summed E-state index contributed by atoms with van der Waals surface area (Å²) in [5.41, 5.74) is 0. The van der Waals surface area contributed by atoms with E-state index in [-0.39, 0.29) is 0 Å². The minimum absolute atomic E-state index is 0.689. The topological polar surface area (TPSA) is 15.3 Å². The van der Waals surface area contributed by atoms with Crippen molar-refractivity contribution in [2.75, 3.05) is 20.1 Å². The molecule has 1 unspecified atom stereocenters. The van der Waals surface area contributed by atoms with Crippen LogP contribution in [0.2, 0.25) is 0 Å². The van der Waals surface area contributed by atoms with Gasteiger partial charge < -0.3 is 5.32 Å². The lowest BCUT2D eigenvalue weighted by atomic mass is 9.86. The van der Waals surface area contributed by atoms with E-state index in [4.69, 9.17) is 0 Å². The average molecular weight is 182 g/mol. The van der Waals surface area contributed by atoms with Crippen molar-refractivity contribution in [2.45, 2.75) is 44.7 Å². The molecule has 0 spiro atoms. The van der Waals surface area contributed by atoms with E-state index in [2.05, 4.69) is 17.3 Å². The molecular formula is C11H22N2. The summed E-state index contributed by atoms with van der Waals surface area (Å²) in [6, 6.07) is 0. The van der Waals surface area contributed by atoms with Crippen LogP contribution in [0.4, 0.5) is 0 Å². The van der Waals surface area contributed by atoms with E-state index in [1.165, 1.54) is 51.6 Å². The second-order valence-corrected chi connectivity index (χ2v) is 4.63. The fraction of sp³-hybridized carbons (Fsp3) is 1.00. The highest BCUT2D eigenvalue weighted by Crippen LogP contribution is 2.28. The van der Waals surface area contributed by atoms with Crippen LogP contribution in [0.3, 0.4) is 0 Å². The molecule has 1 atom stereocenters. The van der Waals surface area contributed by atoms with Crippen LogP contribution in [0, 0.1) is 5.92 Å². The molecule has 76 valence electrons. The molecule has 2 nitrogen and oxygen atoms in total. The minimum atomic E-state index is 0.689. The summed E-state index contributed by atoms with van der Waals surface area (Å²) in [5.74, 6) is 0.930. The van der Waals surface area contributed by atoms with E-state index in [1.54, 1.807) is 0 Å². The van der Waals surface area contributed by atoms with Crippen LogP contribution in [0.5, 0.6) is 0 Å². The normalized spacial score (nSPS) is 33.5. The van der Waals surface area contributed by atoms with Gasteiger partial charge in [0.05, 0.1) is 6.17 Å². The Bertz CT molecular complexity index is 152. The molecule has 0 amide bonds. The van der Waals surface area contributed by atoms with E-state index in [1.807, 2.05) is 0 Å². The summed E-state index contributed by atoms with van der Waals surface area (Å²) in [6.07, 6.45) is 9.28. The van der Waals surface area contributed by atoms with Crippen LogP contribution in [-0.2, 0) is 0 Å². The van der Waals surface area contributed by atoms with E-state index in [0.29, 0.717) is 6.17 Å². The lowest BCUT2D eigenvalue weighted by Crippen LogP contribution is -2.53. The largest absolute Gasteiger partial charge is 0.301 e. The van der Waals surface area contributed by atoms with Gasteiger partial charge in [0.2, 0.25) is 0 Å². The van der Waals surface area contributed by atoms with Crippen molar-refractivity contribution in [1.82, 2.24) is 10.2 Å². The van der Waals surface area contributed by atoms with Gasteiger partial charge in [-0.25, -0.2) is 0 Å². The molecule has 2 fully saturated rings. The summed E-state index contributed by atoms with van der Waals surface area (Å²) in [5, 5.41) is 3.66. The van der Waals surface area contributed by atoms with E-state index in [0.717, 1.165) is 5.92 Å². The first-order valence-electron chi connectivity index (χ1n) is 5.81. The molecule has 2 aliphatic rings. The third-order valence-corrected chi connectivity index (χ3v) is 3.61. The Hall–Kier alpha value is -0.0800. The van der Waals surface area contributed by atoms with Gasteiger partial charge in [0.15, 0.2) is 0 Å². The molecule has 1 heterocycles. The predicted octanol–water partition coefficient (Wildman–Crippen LogP) is 1.82. The molecule has 2 heteroatoms. The van der Waals surface area contributed by atoms with Gasteiger partial charge in [-0.15, -0.1) is 0 Å². The standard InChI is InChI=1S/C11H22N2/c1-13-9-5-8-12-11(13)10-6-3-2-4-7-10/h10-12H,2-9H2,1H3. The molecule has 13 heavy (non-hydrogen) atoms. The molecule has 1 aliphatic carbocycles. The molecule has 0 radical (unpaired) electrons. The van der Waals surface area contributed by atoms with Gasteiger partial charge in [-0.05, 0) is 38.8 Å². The number of nitrogens with one attached hydrogen (secondary N) is 1. The Morgan fingerprint density at radius 1 is 1.08 bits per heavy atom. The predicted molar refractivity (Wildman–Crippen MR) is 55.6 cm³/mol. The summed E-state index contributed by atoms with van der Waals surface area (Å²) in [6.45, 7) is 2.51. The van der Waals surface area contributed by atoms with Crippen LogP contribution < -0.4 is 5.32 Å². The maximum absolute atomic E-state index is 3.66. The van der Waals surface area contributed by atoms with Crippen molar-refractivity contribution in [3.63, 3.8) is 0 Å². The first-order valence-corrected chi connectivity index (χ1v) is 5.81. The molecule has 0 aromatic heterocycles. The van der Waals surface area contributed by atoms with E-state index < -0.39 is 0 Å². The van der Waals surface area contributed by atoms with Crippen molar-refractivity contribution < 1.29 is 0 Å². The summed E-state index contributed by atoms with van der Waals surface area (Å²) < 4.78 is 0. The summed E-state index contributed by atoms with van der Waals surface area (Å²) in [7, 11) is 2.27. The van der Waals surface area contributed by atoms with Crippen LogP contribution in [-0.4, -0.2) is 31.2 Å². The SMILES string of the molecule is CN1CCCNC1C1CCCCC1. The quantitative estimate of drug-likeness (QED) is 0.665. The Kier molecular flexibility index (Phi) is 3.23. The van der Waals surface area contributed by atoms with Crippen molar-refractivity contribution in [3.05, 3.63) is 0 Å². The first-order chi connectivity index (χ1) is 6.38. The van der Waals surface area contributed by atoms with Gasteiger partial charge in [-0.2, -0.15) is 0 Å². The summed E-state index contributed by atoms with van der Waals surface area (Å²) in [4.78, 5) is 2.51.